The van der Waals surface area contributed by atoms with Crippen LogP contribution in [0.5, 0.6) is 0 Å². The minimum absolute atomic E-state index is 0.115. The second-order valence-electron chi connectivity index (χ2n) is 15.9. The Hall–Kier alpha value is -2.89. The van der Waals surface area contributed by atoms with Crippen molar-refractivity contribution < 1.29 is 14.3 Å². The quantitative estimate of drug-likeness (QED) is 0.115. The highest BCUT2D eigenvalue weighted by Gasteiger charge is 2.63. The molecule has 49 heavy (non-hydrogen) atoms. The molecule has 6 N–H and O–H groups in total. The summed E-state index contributed by atoms with van der Waals surface area (Å²) >= 11 is 0. The molecule has 0 amide bonds. The van der Waals surface area contributed by atoms with Crippen LogP contribution in [-0.4, -0.2) is 51.1 Å². The summed E-state index contributed by atoms with van der Waals surface area (Å²) in [6, 6.07) is 41.9. The molecule has 4 atom stereocenters. The average Bonchev–Trinajstić information content (AvgIpc) is 3.09. The van der Waals surface area contributed by atoms with Crippen molar-refractivity contribution >= 4 is 37.4 Å². The monoisotopic (exact) mass is 696 g/mol. The van der Waals surface area contributed by atoms with Crippen LogP contribution < -0.4 is 32.2 Å². The largest absolute Gasteiger partial charge is 0.441 e. The Morgan fingerprint density at radius 3 is 0.918 bits per heavy atom. The van der Waals surface area contributed by atoms with Crippen LogP contribution in [0.2, 0.25) is 10.1 Å². The van der Waals surface area contributed by atoms with Crippen molar-refractivity contribution in [3.05, 3.63) is 121 Å². The van der Waals surface area contributed by atoms with Gasteiger partial charge in [-0.15, -0.1) is 0 Å². The summed E-state index contributed by atoms with van der Waals surface area (Å²) < 4.78 is 8.56. The highest BCUT2D eigenvalue weighted by molar-refractivity contribution is 7.11. The van der Waals surface area contributed by atoms with Crippen LogP contribution in [0, 0.1) is 11.8 Å². The first-order valence-electron chi connectivity index (χ1n) is 17.9. The summed E-state index contributed by atoms with van der Waals surface area (Å²) in [6.45, 7) is 17.3. The Bertz CT molecular complexity index is 1370. The lowest BCUT2D eigenvalue weighted by molar-refractivity contribution is 0.101. The molecular weight excluding hydrogens is 637 g/mol. The van der Waals surface area contributed by atoms with Gasteiger partial charge in [0, 0.05) is 12.1 Å². The molecule has 0 heterocycles. The summed E-state index contributed by atoms with van der Waals surface area (Å²) in [5, 5.41) is 27.1. The zero-order chi connectivity index (χ0) is 36.0. The van der Waals surface area contributed by atoms with Crippen molar-refractivity contribution in [3.8, 4) is 0 Å². The van der Waals surface area contributed by atoms with Gasteiger partial charge in [-0.2, -0.15) is 0 Å². The van der Waals surface area contributed by atoms with Gasteiger partial charge in [0.2, 0.25) is 0 Å². The van der Waals surface area contributed by atoms with E-state index in [1.165, 1.54) is 0 Å². The smallest absolute Gasteiger partial charge is 0.251 e. The van der Waals surface area contributed by atoms with E-state index < -0.39 is 38.9 Å². The maximum Gasteiger partial charge on any atom is 0.251 e. The number of benzene rings is 4. The van der Waals surface area contributed by atoms with Gasteiger partial charge in [-0.25, -0.2) is 0 Å². The van der Waals surface area contributed by atoms with Gasteiger partial charge in [0.1, 0.15) is 0 Å². The fourth-order valence-electron chi connectivity index (χ4n) is 7.82. The first-order chi connectivity index (χ1) is 23.1. The molecule has 4 aromatic carbocycles. The third-order valence-corrected chi connectivity index (χ3v) is 22.1. The topological polar surface area (TPSA) is 102 Å². The third kappa shape index (κ3) is 7.89. The van der Waals surface area contributed by atoms with Crippen LogP contribution >= 0.6 is 0 Å². The predicted octanol–water partition coefficient (Wildman–Crippen LogP) is 5.55. The standard InChI is InChI=1S/C42H60N2O3Si2/c1-31(2)39(43)37(45)29-41(5,6)48(33-21-13-9-14-22-33,34-23-15-10-16-24-34)47-49(35-25-17-11-18-26-35,36-27-19-12-20-28-36)42(7,8)30-38(46)40(44)32(3)4/h9-28,31-32,37-40,45-46H,29-30,43-44H2,1-8H3/t37-,38?,39?,40?/m0/s1. The second-order valence-corrected chi connectivity index (χ2v) is 24.4. The lowest BCUT2D eigenvalue weighted by Crippen LogP contribution is -2.79. The molecule has 0 aliphatic heterocycles. The Labute approximate surface area is 298 Å². The SMILES string of the molecule is CC(C)C(N)C(O)CC(C)(C)[Si](O[Si](c1ccccc1)(c1ccccc1)C(C)(C)C[C@H](O)C(N)C(C)C)(c1ccccc1)c1ccccc1. The van der Waals surface area contributed by atoms with E-state index in [1.807, 2.05) is 0 Å². The van der Waals surface area contributed by atoms with E-state index in [-0.39, 0.29) is 23.9 Å². The Morgan fingerprint density at radius 2 is 0.714 bits per heavy atom. The number of aliphatic hydroxyl groups excluding tert-OH is 2. The summed E-state index contributed by atoms with van der Waals surface area (Å²) in [5.74, 6) is 0.229. The molecule has 4 aromatic rings. The lowest BCUT2D eigenvalue weighted by Gasteiger charge is -2.56. The molecule has 0 saturated carbocycles. The molecule has 0 aromatic heterocycles. The molecule has 0 bridgehead atoms. The molecule has 4 rings (SSSR count). The minimum Gasteiger partial charge on any atom is -0.441 e. The zero-order valence-corrected chi connectivity index (χ0v) is 32.9. The van der Waals surface area contributed by atoms with Crippen molar-refractivity contribution in [1.82, 2.24) is 0 Å². The van der Waals surface area contributed by atoms with E-state index in [0.717, 1.165) is 20.7 Å². The second kappa shape index (κ2) is 16.0. The highest BCUT2D eigenvalue weighted by Crippen LogP contribution is 2.49. The van der Waals surface area contributed by atoms with Crippen molar-refractivity contribution in [3.63, 3.8) is 0 Å². The van der Waals surface area contributed by atoms with Crippen LogP contribution in [0.25, 0.3) is 0 Å². The zero-order valence-electron chi connectivity index (χ0n) is 30.9. The van der Waals surface area contributed by atoms with E-state index in [9.17, 15) is 10.2 Å². The molecule has 0 radical (unpaired) electrons. The van der Waals surface area contributed by atoms with Crippen molar-refractivity contribution in [2.75, 3.05) is 0 Å². The number of hydrogen-bond acceptors (Lipinski definition) is 5. The number of rotatable bonds is 16. The van der Waals surface area contributed by atoms with Crippen molar-refractivity contribution in [1.29, 1.82) is 0 Å². The van der Waals surface area contributed by atoms with Crippen LogP contribution in [0.3, 0.4) is 0 Å². The first kappa shape index (κ1) is 38.9. The first-order valence-corrected chi connectivity index (χ1v) is 21.7. The van der Waals surface area contributed by atoms with Crippen LogP contribution in [0.4, 0.5) is 0 Å². The third-order valence-electron chi connectivity index (χ3n) is 10.8. The highest BCUT2D eigenvalue weighted by atomic mass is 28.4. The van der Waals surface area contributed by atoms with Gasteiger partial charge in [-0.3, -0.25) is 0 Å². The number of nitrogens with two attached hydrogens (primary N) is 2. The minimum atomic E-state index is -3.40. The molecule has 264 valence electrons. The van der Waals surface area contributed by atoms with Gasteiger partial charge in [0.25, 0.3) is 16.6 Å². The molecular formula is C42H60N2O3Si2. The maximum atomic E-state index is 11.8. The van der Waals surface area contributed by atoms with Gasteiger partial charge in [0.05, 0.1) is 12.2 Å². The van der Waals surface area contributed by atoms with Gasteiger partial charge in [-0.1, -0.05) is 177 Å². The number of aliphatic hydroxyl groups is 2. The van der Waals surface area contributed by atoms with E-state index in [0.29, 0.717) is 12.8 Å². The lowest BCUT2D eigenvalue weighted by atomic mass is 9.93. The predicted molar refractivity (Wildman–Crippen MR) is 212 cm³/mol. The van der Waals surface area contributed by atoms with Crippen molar-refractivity contribution in [2.24, 2.45) is 23.3 Å². The number of hydrogen-bond donors (Lipinski definition) is 4. The average molecular weight is 697 g/mol. The molecule has 3 unspecified atom stereocenters. The maximum absolute atomic E-state index is 11.8. The molecule has 0 spiro atoms. The molecule has 0 fully saturated rings. The molecule has 0 saturated heterocycles. The fourth-order valence-corrected chi connectivity index (χ4v) is 21.2. The molecule has 5 nitrogen and oxygen atoms in total. The Balaban J connectivity index is 2.16. The summed E-state index contributed by atoms with van der Waals surface area (Å²) in [7, 11) is -6.79. The van der Waals surface area contributed by atoms with E-state index in [4.69, 9.17) is 15.6 Å². The van der Waals surface area contributed by atoms with E-state index in [2.05, 4.69) is 177 Å². The molecule has 0 aliphatic rings. The van der Waals surface area contributed by atoms with Crippen molar-refractivity contribution in [2.45, 2.75) is 103 Å². The van der Waals surface area contributed by atoms with Gasteiger partial charge < -0.3 is 25.8 Å². The summed E-state index contributed by atoms with van der Waals surface area (Å²) in [6.07, 6.45) is -0.558. The van der Waals surface area contributed by atoms with Crippen LogP contribution in [-0.2, 0) is 4.12 Å². The normalized spacial score (nSPS) is 15.6. The van der Waals surface area contributed by atoms with Crippen LogP contribution in [0.1, 0.15) is 68.2 Å². The van der Waals surface area contributed by atoms with E-state index >= 15 is 0 Å². The van der Waals surface area contributed by atoms with E-state index in [1.54, 1.807) is 0 Å². The van der Waals surface area contributed by atoms with Crippen LogP contribution in [0.15, 0.2) is 121 Å². The molecule has 0 aliphatic carbocycles. The van der Waals surface area contributed by atoms with Gasteiger partial charge in [-0.05, 0) is 55.5 Å². The van der Waals surface area contributed by atoms with Gasteiger partial charge >= 0.3 is 0 Å². The Kier molecular flexibility index (Phi) is 12.7. The summed E-state index contributed by atoms with van der Waals surface area (Å²) in [5.41, 5.74) is 13.3. The fraction of sp³-hybridized carbons (Fsp3) is 0.429. The van der Waals surface area contributed by atoms with Gasteiger partial charge in [0.15, 0.2) is 0 Å². The molecule has 7 heteroatoms. The summed E-state index contributed by atoms with van der Waals surface area (Å²) in [4.78, 5) is 0. The Morgan fingerprint density at radius 1 is 0.490 bits per heavy atom.